The number of aromatic nitrogens is 1. The van der Waals surface area contributed by atoms with Gasteiger partial charge in [-0.05, 0) is 44.4 Å². The van der Waals surface area contributed by atoms with Crippen molar-refractivity contribution in [1.29, 1.82) is 0 Å². The smallest absolute Gasteiger partial charge is 0.253 e. The van der Waals surface area contributed by atoms with Gasteiger partial charge >= 0.3 is 0 Å². The highest BCUT2D eigenvalue weighted by atomic mass is 16.5. The minimum absolute atomic E-state index is 0.104. The fourth-order valence-corrected chi connectivity index (χ4v) is 2.12. The number of rotatable bonds is 6. The van der Waals surface area contributed by atoms with Crippen LogP contribution in [-0.2, 0) is 6.54 Å². The SMILES string of the molecule is Cc1ccccc1OCCCCn1cccc(C)c1=O. The second-order valence-corrected chi connectivity index (χ2v) is 5.01. The van der Waals surface area contributed by atoms with Crippen molar-refractivity contribution < 1.29 is 4.74 Å². The van der Waals surface area contributed by atoms with Crippen LogP contribution in [0.15, 0.2) is 47.4 Å². The highest BCUT2D eigenvalue weighted by molar-refractivity contribution is 5.31. The molecular formula is C17H21NO2. The average molecular weight is 271 g/mol. The van der Waals surface area contributed by atoms with E-state index in [-0.39, 0.29) is 5.56 Å². The van der Waals surface area contributed by atoms with Crippen molar-refractivity contribution in [2.24, 2.45) is 0 Å². The van der Waals surface area contributed by atoms with Crippen molar-refractivity contribution in [3.05, 3.63) is 64.1 Å². The number of nitrogens with zero attached hydrogens (tertiary/aromatic N) is 1. The summed E-state index contributed by atoms with van der Waals surface area (Å²) in [6.45, 7) is 5.32. The summed E-state index contributed by atoms with van der Waals surface area (Å²) < 4.78 is 7.51. The van der Waals surface area contributed by atoms with Gasteiger partial charge in [0, 0.05) is 18.3 Å². The fourth-order valence-electron chi connectivity index (χ4n) is 2.12. The van der Waals surface area contributed by atoms with Crippen LogP contribution in [0.25, 0.3) is 0 Å². The van der Waals surface area contributed by atoms with Crippen molar-refractivity contribution in [1.82, 2.24) is 4.57 Å². The van der Waals surface area contributed by atoms with Crippen LogP contribution in [-0.4, -0.2) is 11.2 Å². The Hall–Kier alpha value is -2.03. The highest BCUT2D eigenvalue weighted by Crippen LogP contribution is 2.16. The van der Waals surface area contributed by atoms with Crippen LogP contribution >= 0.6 is 0 Å². The van der Waals surface area contributed by atoms with Crippen LogP contribution in [0.2, 0.25) is 0 Å². The average Bonchev–Trinajstić information content (AvgIpc) is 2.45. The summed E-state index contributed by atoms with van der Waals surface area (Å²) in [6, 6.07) is 11.8. The molecule has 0 unspecified atom stereocenters. The molecule has 3 nitrogen and oxygen atoms in total. The maximum Gasteiger partial charge on any atom is 0.253 e. The molecule has 2 rings (SSSR count). The summed E-state index contributed by atoms with van der Waals surface area (Å²) in [4.78, 5) is 11.8. The van der Waals surface area contributed by atoms with E-state index >= 15 is 0 Å². The predicted octanol–water partition coefficient (Wildman–Crippen LogP) is 3.32. The lowest BCUT2D eigenvalue weighted by molar-refractivity contribution is 0.301. The molecule has 0 aliphatic rings. The van der Waals surface area contributed by atoms with Gasteiger partial charge in [0.15, 0.2) is 0 Å². The van der Waals surface area contributed by atoms with Gasteiger partial charge < -0.3 is 9.30 Å². The van der Waals surface area contributed by atoms with Gasteiger partial charge in [0.2, 0.25) is 0 Å². The Morgan fingerprint density at radius 3 is 2.55 bits per heavy atom. The molecule has 0 spiro atoms. The Morgan fingerprint density at radius 2 is 1.75 bits per heavy atom. The number of pyridine rings is 1. The molecule has 0 atom stereocenters. The summed E-state index contributed by atoms with van der Waals surface area (Å²) in [5, 5.41) is 0. The van der Waals surface area contributed by atoms with Crippen LogP contribution in [0.1, 0.15) is 24.0 Å². The molecule has 0 saturated heterocycles. The lowest BCUT2D eigenvalue weighted by Gasteiger charge is -2.09. The van der Waals surface area contributed by atoms with E-state index in [0.717, 1.165) is 36.3 Å². The first-order valence-electron chi connectivity index (χ1n) is 7.03. The van der Waals surface area contributed by atoms with Crippen LogP contribution in [0.3, 0.4) is 0 Å². The van der Waals surface area contributed by atoms with Crippen molar-refractivity contribution in [3.63, 3.8) is 0 Å². The van der Waals surface area contributed by atoms with E-state index in [1.54, 1.807) is 4.57 Å². The van der Waals surface area contributed by atoms with Gasteiger partial charge in [0.05, 0.1) is 6.61 Å². The standard InChI is InChI=1S/C17H21NO2/c1-14-8-3-4-10-16(14)20-13-6-5-11-18-12-7-9-15(2)17(18)19/h3-4,7-10,12H,5-6,11,13H2,1-2H3. The first-order valence-corrected chi connectivity index (χ1v) is 7.03. The van der Waals surface area contributed by atoms with Gasteiger partial charge in [0.1, 0.15) is 5.75 Å². The Morgan fingerprint density at radius 1 is 1.00 bits per heavy atom. The van der Waals surface area contributed by atoms with E-state index in [1.807, 2.05) is 56.4 Å². The zero-order chi connectivity index (χ0) is 14.4. The molecule has 1 aromatic carbocycles. The summed E-state index contributed by atoms with van der Waals surface area (Å²) in [5.74, 6) is 0.945. The molecule has 0 aliphatic heterocycles. The minimum atomic E-state index is 0.104. The third kappa shape index (κ3) is 3.73. The lowest BCUT2D eigenvalue weighted by atomic mass is 10.2. The second kappa shape index (κ2) is 6.94. The maximum atomic E-state index is 11.8. The Labute approximate surface area is 119 Å². The van der Waals surface area contributed by atoms with Gasteiger partial charge in [-0.25, -0.2) is 0 Å². The van der Waals surface area contributed by atoms with Crippen LogP contribution in [0.5, 0.6) is 5.75 Å². The van der Waals surface area contributed by atoms with E-state index in [4.69, 9.17) is 4.74 Å². The van der Waals surface area contributed by atoms with Gasteiger partial charge in [-0.15, -0.1) is 0 Å². The molecule has 0 bridgehead atoms. The first kappa shape index (κ1) is 14.4. The quantitative estimate of drug-likeness (QED) is 0.755. The Balaban J connectivity index is 1.76. The molecule has 0 saturated carbocycles. The van der Waals surface area contributed by atoms with Crippen LogP contribution < -0.4 is 10.3 Å². The molecule has 2 aromatic rings. The number of aryl methyl sites for hydroxylation is 3. The molecule has 0 fully saturated rings. The van der Waals surface area contributed by atoms with E-state index in [9.17, 15) is 4.79 Å². The van der Waals surface area contributed by atoms with Crippen molar-refractivity contribution >= 4 is 0 Å². The molecule has 1 aromatic heterocycles. The van der Waals surface area contributed by atoms with E-state index in [1.165, 1.54) is 0 Å². The summed E-state index contributed by atoms with van der Waals surface area (Å²) in [7, 11) is 0. The fraction of sp³-hybridized carbons (Fsp3) is 0.353. The second-order valence-electron chi connectivity index (χ2n) is 5.01. The number of hydrogen-bond acceptors (Lipinski definition) is 2. The lowest BCUT2D eigenvalue weighted by Crippen LogP contribution is -2.21. The molecule has 3 heteroatoms. The summed E-state index contributed by atoms with van der Waals surface area (Å²) in [6.07, 6.45) is 3.72. The molecule has 106 valence electrons. The van der Waals surface area contributed by atoms with Crippen molar-refractivity contribution in [2.45, 2.75) is 33.2 Å². The molecule has 20 heavy (non-hydrogen) atoms. The van der Waals surface area contributed by atoms with Crippen molar-refractivity contribution in [2.75, 3.05) is 6.61 Å². The zero-order valence-corrected chi connectivity index (χ0v) is 12.1. The molecular weight excluding hydrogens is 250 g/mol. The normalized spacial score (nSPS) is 10.5. The van der Waals surface area contributed by atoms with Gasteiger partial charge in [0.25, 0.3) is 5.56 Å². The first-order chi connectivity index (χ1) is 9.68. The van der Waals surface area contributed by atoms with Crippen LogP contribution in [0.4, 0.5) is 0 Å². The van der Waals surface area contributed by atoms with Gasteiger partial charge in [-0.2, -0.15) is 0 Å². The minimum Gasteiger partial charge on any atom is -0.493 e. The Kier molecular flexibility index (Phi) is 4.99. The highest BCUT2D eigenvalue weighted by Gasteiger charge is 2.00. The third-order valence-electron chi connectivity index (χ3n) is 3.35. The maximum absolute atomic E-state index is 11.8. The molecule has 0 amide bonds. The van der Waals surface area contributed by atoms with Gasteiger partial charge in [-0.3, -0.25) is 4.79 Å². The number of benzene rings is 1. The molecule has 0 aliphatic carbocycles. The topological polar surface area (TPSA) is 31.2 Å². The summed E-state index contributed by atoms with van der Waals surface area (Å²) >= 11 is 0. The number of unbranched alkanes of at least 4 members (excludes halogenated alkanes) is 1. The number of hydrogen-bond donors (Lipinski definition) is 0. The number of ether oxygens (including phenoxy) is 1. The predicted molar refractivity (Wildman–Crippen MR) is 81.3 cm³/mol. The van der Waals surface area contributed by atoms with Crippen molar-refractivity contribution in [3.8, 4) is 5.75 Å². The Bertz CT molecular complexity index is 616. The molecule has 1 heterocycles. The summed E-state index contributed by atoms with van der Waals surface area (Å²) in [5.41, 5.74) is 2.05. The van der Waals surface area contributed by atoms with Crippen LogP contribution in [0, 0.1) is 13.8 Å². The monoisotopic (exact) mass is 271 g/mol. The zero-order valence-electron chi connectivity index (χ0n) is 12.1. The van der Waals surface area contributed by atoms with Gasteiger partial charge in [-0.1, -0.05) is 24.3 Å². The molecule has 0 N–H and O–H groups in total. The largest absolute Gasteiger partial charge is 0.493 e. The van der Waals surface area contributed by atoms with E-state index in [2.05, 4.69) is 0 Å². The third-order valence-corrected chi connectivity index (χ3v) is 3.35. The van der Waals surface area contributed by atoms with E-state index in [0.29, 0.717) is 6.61 Å². The number of para-hydroxylation sites is 1. The molecule has 0 radical (unpaired) electrons. The van der Waals surface area contributed by atoms with E-state index < -0.39 is 0 Å².